The van der Waals surface area contributed by atoms with E-state index in [-0.39, 0.29) is 12.2 Å². The molecule has 1 aromatic rings. The first-order chi connectivity index (χ1) is 15.1. The van der Waals surface area contributed by atoms with E-state index in [1.165, 1.54) is 16.7 Å². The summed E-state index contributed by atoms with van der Waals surface area (Å²) in [4.78, 5) is 31.0. The van der Waals surface area contributed by atoms with E-state index >= 15 is 0 Å². The maximum absolute atomic E-state index is 13.3. The molecule has 176 valence electrons. The SMILES string of the molecule is CSC1=[NH+]C(C)=C(C(=O)O)C(c2ccccc2SCCCCCO)N1C(=O)OC(C)(C)C. The third-order valence-corrected chi connectivity index (χ3v) is 6.60. The normalized spacial score (nSPS) is 16.8. The van der Waals surface area contributed by atoms with Gasteiger partial charge in [0, 0.05) is 17.1 Å². The zero-order valence-electron chi connectivity index (χ0n) is 19.3. The molecule has 32 heavy (non-hydrogen) atoms. The monoisotopic (exact) mass is 481 g/mol. The Bertz CT molecular complexity index is 893. The number of aliphatic carboxylic acids is 1. The number of unbranched alkanes of at least 4 members (excludes halogenated alkanes) is 2. The second-order valence-corrected chi connectivity index (χ2v) is 10.3. The van der Waals surface area contributed by atoms with Crippen molar-refractivity contribution in [2.45, 2.75) is 63.5 Å². The van der Waals surface area contributed by atoms with Gasteiger partial charge in [-0.3, -0.25) is 0 Å². The van der Waals surface area contributed by atoms with E-state index in [9.17, 15) is 14.7 Å². The summed E-state index contributed by atoms with van der Waals surface area (Å²) in [5.41, 5.74) is 0.623. The molecule has 2 rings (SSSR count). The molecule has 1 aromatic carbocycles. The highest BCUT2D eigenvalue weighted by Crippen LogP contribution is 2.39. The molecule has 0 aromatic heterocycles. The van der Waals surface area contributed by atoms with Crippen LogP contribution in [0.3, 0.4) is 0 Å². The lowest BCUT2D eigenvalue weighted by atomic mass is 9.95. The van der Waals surface area contributed by atoms with Gasteiger partial charge in [-0.1, -0.05) is 24.6 Å². The summed E-state index contributed by atoms with van der Waals surface area (Å²) in [5.74, 6) is -0.255. The number of amidine groups is 1. The van der Waals surface area contributed by atoms with Crippen molar-refractivity contribution < 1.29 is 29.5 Å². The van der Waals surface area contributed by atoms with E-state index in [0.29, 0.717) is 10.9 Å². The smallest absolute Gasteiger partial charge is 0.478 e. The Morgan fingerprint density at radius 1 is 1.19 bits per heavy atom. The van der Waals surface area contributed by atoms with Crippen LogP contribution < -0.4 is 4.99 Å². The molecule has 1 amide bonds. The maximum atomic E-state index is 13.3. The molecule has 0 spiro atoms. The Kier molecular flexibility index (Phi) is 9.66. The summed E-state index contributed by atoms with van der Waals surface area (Å²) < 4.78 is 5.66. The highest BCUT2D eigenvalue weighted by Gasteiger charge is 2.48. The lowest BCUT2D eigenvalue weighted by Gasteiger charge is -2.31. The Hall–Kier alpha value is -1.97. The fourth-order valence-corrected chi connectivity index (χ4v) is 5.09. The summed E-state index contributed by atoms with van der Waals surface area (Å²) >= 11 is 2.96. The van der Waals surface area contributed by atoms with Crippen LogP contribution in [0.2, 0.25) is 0 Å². The quantitative estimate of drug-likeness (QED) is 0.386. The van der Waals surface area contributed by atoms with Crippen LogP contribution in [0, 0.1) is 0 Å². The second-order valence-electron chi connectivity index (χ2n) is 8.40. The van der Waals surface area contributed by atoms with Crippen LogP contribution in [0.25, 0.3) is 0 Å². The average Bonchev–Trinajstić information content (AvgIpc) is 2.71. The number of carboxylic acids is 1. The summed E-state index contributed by atoms with van der Waals surface area (Å²) in [6, 6.07) is 6.77. The molecule has 0 saturated carbocycles. The minimum Gasteiger partial charge on any atom is -0.478 e. The Balaban J connectivity index is 2.53. The molecule has 1 aliphatic rings. The van der Waals surface area contributed by atoms with Gasteiger partial charge in [0.2, 0.25) is 0 Å². The van der Waals surface area contributed by atoms with Crippen molar-refractivity contribution in [3.8, 4) is 0 Å². The van der Waals surface area contributed by atoms with Crippen molar-refractivity contribution in [1.29, 1.82) is 0 Å². The van der Waals surface area contributed by atoms with Crippen LogP contribution in [-0.2, 0) is 9.53 Å². The number of aliphatic hydroxyl groups is 1. The van der Waals surface area contributed by atoms with Gasteiger partial charge in [0.15, 0.2) is 6.04 Å². The Morgan fingerprint density at radius 3 is 2.47 bits per heavy atom. The molecule has 1 atom stereocenters. The number of hydrogen-bond acceptors (Lipinski definition) is 6. The van der Waals surface area contributed by atoms with E-state index in [4.69, 9.17) is 9.84 Å². The minimum absolute atomic E-state index is 0.113. The lowest BCUT2D eigenvalue weighted by Crippen LogP contribution is -2.77. The van der Waals surface area contributed by atoms with Crippen molar-refractivity contribution in [3.05, 3.63) is 41.1 Å². The van der Waals surface area contributed by atoms with Gasteiger partial charge < -0.3 is 14.9 Å². The average molecular weight is 482 g/mol. The lowest BCUT2D eigenvalue weighted by molar-refractivity contribution is -0.404. The first-order valence-corrected chi connectivity index (χ1v) is 12.8. The molecule has 0 saturated heterocycles. The van der Waals surface area contributed by atoms with E-state index in [1.54, 1.807) is 39.5 Å². The summed E-state index contributed by atoms with van der Waals surface area (Å²) in [6.07, 6.45) is 3.85. The topological polar surface area (TPSA) is 101 Å². The largest absolute Gasteiger partial charge is 0.508 e. The zero-order valence-corrected chi connectivity index (χ0v) is 20.9. The molecule has 7 nitrogen and oxygen atoms in total. The first kappa shape index (κ1) is 26.3. The number of nitrogens with zero attached hydrogens (tertiary/aromatic N) is 1. The van der Waals surface area contributed by atoms with Crippen LogP contribution in [0.5, 0.6) is 0 Å². The number of carbonyl (C=O) groups excluding carboxylic acids is 1. The van der Waals surface area contributed by atoms with Crippen molar-refractivity contribution in [1.82, 2.24) is 4.90 Å². The Labute approximate surface area is 198 Å². The van der Waals surface area contributed by atoms with Crippen molar-refractivity contribution >= 4 is 40.8 Å². The highest BCUT2D eigenvalue weighted by atomic mass is 32.2. The van der Waals surface area contributed by atoms with Gasteiger partial charge >= 0.3 is 17.2 Å². The fourth-order valence-electron chi connectivity index (χ4n) is 3.37. The minimum atomic E-state index is -1.09. The van der Waals surface area contributed by atoms with Crippen LogP contribution in [0.1, 0.15) is 58.6 Å². The summed E-state index contributed by atoms with van der Waals surface area (Å²) in [5, 5.41) is 19.6. The Morgan fingerprint density at radius 2 is 1.88 bits per heavy atom. The number of amides is 1. The first-order valence-electron chi connectivity index (χ1n) is 10.6. The number of thioether (sulfide) groups is 2. The number of allylic oxidation sites excluding steroid dienone is 1. The molecule has 1 unspecified atom stereocenters. The predicted molar refractivity (Wildman–Crippen MR) is 129 cm³/mol. The molecule has 1 aliphatic heterocycles. The third-order valence-electron chi connectivity index (χ3n) is 4.74. The number of ether oxygens (including phenoxy) is 1. The molecule has 0 bridgehead atoms. The zero-order chi connectivity index (χ0) is 23.9. The molecular weight excluding hydrogens is 448 g/mol. The van der Waals surface area contributed by atoms with E-state index < -0.39 is 23.7 Å². The molecule has 0 fully saturated rings. The number of aliphatic hydroxyl groups excluding tert-OH is 1. The number of nitrogens with one attached hydrogen (secondary N) is 1. The number of hydrogen-bond donors (Lipinski definition) is 3. The molecule has 1 heterocycles. The van der Waals surface area contributed by atoms with Gasteiger partial charge in [0.25, 0.3) is 0 Å². The van der Waals surface area contributed by atoms with Gasteiger partial charge in [0.1, 0.15) is 16.9 Å². The summed E-state index contributed by atoms with van der Waals surface area (Å²) in [7, 11) is 0. The van der Waals surface area contributed by atoms with Crippen LogP contribution in [0.4, 0.5) is 4.79 Å². The van der Waals surface area contributed by atoms with E-state index in [2.05, 4.69) is 4.99 Å². The number of benzene rings is 1. The van der Waals surface area contributed by atoms with Gasteiger partial charge in [-0.2, -0.15) is 4.79 Å². The maximum Gasteiger partial charge on any atom is 0.508 e. The van der Waals surface area contributed by atoms with Crippen molar-refractivity contribution in [2.75, 3.05) is 18.6 Å². The molecule has 0 radical (unpaired) electrons. The molecule has 0 aliphatic carbocycles. The second kappa shape index (κ2) is 11.8. The summed E-state index contributed by atoms with van der Waals surface area (Å²) in [6.45, 7) is 7.24. The number of rotatable bonds is 8. The molecular formula is C23H33N2O5S2+. The van der Waals surface area contributed by atoms with Crippen molar-refractivity contribution in [3.63, 3.8) is 0 Å². The van der Waals surface area contributed by atoms with Gasteiger partial charge in [-0.25, -0.2) is 9.79 Å². The van der Waals surface area contributed by atoms with Gasteiger partial charge in [-0.05, 0) is 70.4 Å². The van der Waals surface area contributed by atoms with E-state index in [0.717, 1.165) is 35.5 Å². The van der Waals surface area contributed by atoms with E-state index in [1.807, 2.05) is 30.5 Å². The van der Waals surface area contributed by atoms with Crippen molar-refractivity contribution in [2.24, 2.45) is 0 Å². The highest BCUT2D eigenvalue weighted by molar-refractivity contribution is 8.12. The third kappa shape index (κ3) is 6.76. The predicted octanol–water partition coefficient (Wildman–Crippen LogP) is 3.39. The molecule has 9 heteroatoms. The van der Waals surface area contributed by atoms with Gasteiger partial charge in [0.05, 0.1) is 0 Å². The molecule has 3 N–H and O–H groups in total. The van der Waals surface area contributed by atoms with Crippen LogP contribution in [0.15, 0.2) is 40.4 Å². The van der Waals surface area contributed by atoms with Gasteiger partial charge in [-0.15, -0.1) is 16.7 Å². The van der Waals surface area contributed by atoms with Crippen LogP contribution >= 0.6 is 23.5 Å². The number of carbonyl (C=O) groups is 2. The number of carboxylic acid groups (broad SMARTS) is 1. The van der Waals surface area contributed by atoms with Crippen LogP contribution in [-0.4, -0.2) is 56.6 Å². The standard InChI is InChI=1S/C23H32N2O5S2/c1-15-18(20(27)28)19(25(21(24-15)31-5)22(29)30-23(2,3)4)16-11-7-8-12-17(16)32-14-10-6-9-13-26/h7-8,11-12,19,26H,6,9-10,13-14H2,1-5H3,(H,27,28)/p+1. The fraction of sp³-hybridized carbons (Fsp3) is 0.522.